The maximum absolute atomic E-state index is 4.36. The van der Waals surface area contributed by atoms with Crippen LogP contribution >= 0.6 is 0 Å². The lowest BCUT2D eigenvalue weighted by atomic mass is 9.89. The fourth-order valence-electron chi connectivity index (χ4n) is 1.99. The molecule has 2 nitrogen and oxygen atoms in total. The van der Waals surface area contributed by atoms with Crippen molar-refractivity contribution < 1.29 is 0 Å². The molecule has 17 heavy (non-hydrogen) atoms. The molecule has 0 saturated carbocycles. The molecule has 0 aliphatic heterocycles. The van der Waals surface area contributed by atoms with Crippen molar-refractivity contribution in [2.24, 2.45) is 5.41 Å². The molecular formula is C15H28N2. The van der Waals surface area contributed by atoms with Crippen LogP contribution in [0.4, 0.5) is 0 Å². The van der Waals surface area contributed by atoms with Crippen molar-refractivity contribution in [3.63, 3.8) is 0 Å². The Bertz CT molecular complexity index is 307. The van der Waals surface area contributed by atoms with Crippen LogP contribution in [0.5, 0.6) is 0 Å². The van der Waals surface area contributed by atoms with E-state index in [0.717, 1.165) is 13.0 Å². The maximum atomic E-state index is 4.36. The lowest BCUT2D eigenvalue weighted by molar-refractivity contribution is 0.355. The summed E-state index contributed by atoms with van der Waals surface area (Å²) in [5.41, 5.74) is 1.84. The summed E-state index contributed by atoms with van der Waals surface area (Å²) in [6.07, 6.45) is 11.9. The van der Waals surface area contributed by atoms with Crippen molar-refractivity contribution in [3.8, 4) is 0 Å². The van der Waals surface area contributed by atoms with Gasteiger partial charge in [0.1, 0.15) is 0 Å². The molecule has 1 aromatic rings. The lowest BCUT2D eigenvalue weighted by Gasteiger charge is -2.17. The molecule has 0 bridgehead atoms. The predicted octanol–water partition coefficient (Wildman–Crippen LogP) is 4.44. The number of rotatable bonds is 7. The van der Waals surface area contributed by atoms with Crippen molar-refractivity contribution in [2.75, 3.05) is 0 Å². The third-order valence-corrected chi connectivity index (χ3v) is 3.16. The van der Waals surface area contributed by atoms with E-state index in [1.165, 1.54) is 37.7 Å². The Labute approximate surface area is 106 Å². The minimum Gasteiger partial charge on any atom is -0.272 e. The van der Waals surface area contributed by atoms with E-state index in [1.807, 2.05) is 6.20 Å². The van der Waals surface area contributed by atoms with E-state index >= 15 is 0 Å². The van der Waals surface area contributed by atoms with E-state index < -0.39 is 0 Å². The quantitative estimate of drug-likeness (QED) is 0.640. The van der Waals surface area contributed by atoms with Gasteiger partial charge >= 0.3 is 0 Å². The summed E-state index contributed by atoms with van der Waals surface area (Å²) >= 11 is 0. The third-order valence-electron chi connectivity index (χ3n) is 3.16. The SMILES string of the molecule is CCc1cnn(CCCCCCC(C)(C)C)c1. The van der Waals surface area contributed by atoms with E-state index in [9.17, 15) is 0 Å². The van der Waals surface area contributed by atoms with E-state index in [4.69, 9.17) is 0 Å². The van der Waals surface area contributed by atoms with E-state index in [1.54, 1.807) is 0 Å². The monoisotopic (exact) mass is 236 g/mol. The molecule has 0 unspecified atom stereocenters. The maximum Gasteiger partial charge on any atom is 0.0521 e. The first-order chi connectivity index (χ1) is 8.01. The summed E-state index contributed by atoms with van der Waals surface area (Å²) in [5.74, 6) is 0. The zero-order chi connectivity index (χ0) is 12.7. The Hall–Kier alpha value is -0.790. The number of nitrogens with zero attached hydrogens (tertiary/aromatic N) is 2. The Kier molecular flexibility index (Phi) is 5.73. The summed E-state index contributed by atoms with van der Waals surface area (Å²) in [6.45, 7) is 10.2. The summed E-state index contributed by atoms with van der Waals surface area (Å²) in [6, 6.07) is 0. The van der Waals surface area contributed by atoms with Crippen molar-refractivity contribution in [2.45, 2.75) is 72.8 Å². The standard InChI is InChI=1S/C15H28N2/c1-5-14-12-16-17(13-14)11-9-7-6-8-10-15(2,3)4/h12-13H,5-11H2,1-4H3. The second-order valence-corrected chi connectivity index (χ2v) is 6.19. The van der Waals surface area contributed by atoms with Gasteiger partial charge in [-0.05, 0) is 30.2 Å². The summed E-state index contributed by atoms with van der Waals surface area (Å²) in [5, 5.41) is 4.36. The average molecular weight is 236 g/mol. The van der Waals surface area contributed by atoms with Gasteiger partial charge in [-0.2, -0.15) is 5.10 Å². The molecular weight excluding hydrogens is 208 g/mol. The van der Waals surface area contributed by atoms with E-state index in [0.29, 0.717) is 5.41 Å². The van der Waals surface area contributed by atoms with Gasteiger partial charge in [-0.25, -0.2) is 0 Å². The highest BCUT2D eigenvalue weighted by molar-refractivity contribution is 5.02. The summed E-state index contributed by atoms with van der Waals surface area (Å²) in [4.78, 5) is 0. The largest absolute Gasteiger partial charge is 0.272 e. The molecule has 0 aliphatic carbocycles. The molecule has 0 aromatic carbocycles. The van der Waals surface area contributed by atoms with Crippen molar-refractivity contribution >= 4 is 0 Å². The van der Waals surface area contributed by atoms with Gasteiger partial charge in [-0.1, -0.05) is 47.0 Å². The second-order valence-electron chi connectivity index (χ2n) is 6.19. The number of hydrogen-bond acceptors (Lipinski definition) is 1. The molecule has 1 heterocycles. The Balaban J connectivity index is 2.04. The Morgan fingerprint density at radius 2 is 1.82 bits per heavy atom. The van der Waals surface area contributed by atoms with E-state index in [2.05, 4.69) is 43.7 Å². The number of aromatic nitrogens is 2. The molecule has 0 N–H and O–H groups in total. The molecule has 1 rings (SSSR count). The lowest BCUT2D eigenvalue weighted by Crippen LogP contribution is -2.04. The van der Waals surface area contributed by atoms with Crippen LogP contribution in [0, 0.1) is 5.41 Å². The van der Waals surface area contributed by atoms with Gasteiger partial charge in [0.25, 0.3) is 0 Å². The summed E-state index contributed by atoms with van der Waals surface area (Å²) in [7, 11) is 0. The van der Waals surface area contributed by atoms with Crippen LogP contribution in [0.25, 0.3) is 0 Å². The van der Waals surface area contributed by atoms with Crippen molar-refractivity contribution in [1.29, 1.82) is 0 Å². The average Bonchev–Trinajstić information content (AvgIpc) is 2.69. The molecule has 0 radical (unpaired) electrons. The van der Waals surface area contributed by atoms with Gasteiger partial charge in [0, 0.05) is 12.7 Å². The van der Waals surface area contributed by atoms with Gasteiger partial charge in [-0.15, -0.1) is 0 Å². The molecule has 0 amide bonds. The van der Waals surface area contributed by atoms with Crippen LogP contribution in [0.15, 0.2) is 12.4 Å². The first kappa shape index (κ1) is 14.3. The van der Waals surface area contributed by atoms with Gasteiger partial charge in [0.05, 0.1) is 6.20 Å². The van der Waals surface area contributed by atoms with Gasteiger partial charge < -0.3 is 0 Å². The van der Waals surface area contributed by atoms with E-state index in [-0.39, 0.29) is 0 Å². The highest BCUT2D eigenvalue weighted by Crippen LogP contribution is 2.22. The van der Waals surface area contributed by atoms with Gasteiger partial charge in [-0.3, -0.25) is 4.68 Å². The van der Waals surface area contributed by atoms with Crippen LogP contribution in [0.3, 0.4) is 0 Å². The number of hydrogen-bond donors (Lipinski definition) is 0. The van der Waals surface area contributed by atoms with Crippen molar-refractivity contribution in [3.05, 3.63) is 18.0 Å². The predicted molar refractivity (Wildman–Crippen MR) is 74.1 cm³/mol. The minimum absolute atomic E-state index is 0.498. The Morgan fingerprint density at radius 1 is 1.12 bits per heavy atom. The molecule has 0 atom stereocenters. The normalized spacial score (nSPS) is 12.0. The second kappa shape index (κ2) is 6.83. The third kappa shape index (κ3) is 6.50. The zero-order valence-electron chi connectivity index (χ0n) is 12.0. The Morgan fingerprint density at radius 3 is 2.41 bits per heavy atom. The van der Waals surface area contributed by atoms with Gasteiger partial charge in [0.15, 0.2) is 0 Å². The zero-order valence-corrected chi connectivity index (χ0v) is 12.0. The highest BCUT2D eigenvalue weighted by Gasteiger charge is 2.08. The topological polar surface area (TPSA) is 17.8 Å². The van der Waals surface area contributed by atoms with Crippen LogP contribution in [-0.2, 0) is 13.0 Å². The summed E-state index contributed by atoms with van der Waals surface area (Å²) < 4.78 is 2.09. The molecule has 0 aliphatic rings. The number of aryl methyl sites for hydroxylation is 2. The molecule has 98 valence electrons. The molecule has 2 heteroatoms. The highest BCUT2D eigenvalue weighted by atomic mass is 15.3. The molecule has 0 spiro atoms. The molecule has 0 fully saturated rings. The first-order valence-electron chi connectivity index (χ1n) is 7.02. The van der Waals surface area contributed by atoms with Crippen LogP contribution in [0.2, 0.25) is 0 Å². The van der Waals surface area contributed by atoms with Crippen LogP contribution < -0.4 is 0 Å². The first-order valence-corrected chi connectivity index (χ1v) is 7.02. The van der Waals surface area contributed by atoms with Gasteiger partial charge in [0.2, 0.25) is 0 Å². The molecule has 0 saturated heterocycles. The van der Waals surface area contributed by atoms with Crippen LogP contribution in [-0.4, -0.2) is 9.78 Å². The minimum atomic E-state index is 0.498. The molecule has 1 aromatic heterocycles. The fraction of sp³-hybridized carbons (Fsp3) is 0.800. The van der Waals surface area contributed by atoms with Crippen molar-refractivity contribution in [1.82, 2.24) is 9.78 Å². The smallest absolute Gasteiger partial charge is 0.0521 e. The fourth-order valence-corrected chi connectivity index (χ4v) is 1.99. The number of unbranched alkanes of at least 4 members (excludes halogenated alkanes) is 3. The van der Waals surface area contributed by atoms with Crippen LogP contribution in [0.1, 0.15) is 65.4 Å².